The summed E-state index contributed by atoms with van der Waals surface area (Å²) in [5.41, 5.74) is 3.88. The summed E-state index contributed by atoms with van der Waals surface area (Å²) < 4.78 is 28.4. The summed E-state index contributed by atoms with van der Waals surface area (Å²) in [6.07, 6.45) is 2.54. The van der Waals surface area contributed by atoms with Crippen LogP contribution in [-0.2, 0) is 21.2 Å². The van der Waals surface area contributed by atoms with Crippen LogP contribution in [0.4, 0.5) is 17.1 Å². The van der Waals surface area contributed by atoms with Gasteiger partial charge < -0.3 is 10.2 Å². The van der Waals surface area contributed by atoms with Gasteiger partial charge in [0.25, 0.3) is 10.0 Å². The van der Waals surface area contributed by atoms with E-state index in [0.717, 1.165) is 37.2 Å². The molecule has 0 atom stereocenters. The molecule has 6 nitrogen and oxygen atoms in total. The minimum atomic E-state index is -3.72. The van der Waals surface area contributed by atoms with Gasteiger partial charge in [-0.3, -0.25) is 9.52 Å². The van der Waals surface area contributed by atoms with Gasteiger partial charge in [-0.1, -0.05) is 6.07 Å². The van der Waals surface area contributed by atoms with Gasteiger partial charge in [0.05, 0.1) is 17.0 Å². The molecular weight excluding hydrogens is 350 g/mol. The molecule has 7 heteroatoms. The van der Waals surface area contributed by atoms with Crippen molar-refractivity contribution in [1.29, 1.82) is 0 Å². The summed E-state index contributed by atoms with van der Waals surface area (Å²) >= 11 is 0. The van der Waals surface area contributed by atoms with Crippen LogP contribution in [0.3, 0.4) is 0 Å². The molecule has 2 aromatic rings. The number of fused-ring (bicyclic) bond motifs is 1. The number of hydrogen-bond acceptors (Lipinski definition) is 4. The number of aryl methyl sites for hydroxylation is 1. The summed E-state index contributed by atoms with van der Waals surface area (Å²) in [6.45, 7) is 3.89. The maximum Gasteiger partial charge on any atom is 0.261 e. The van der Waals surface area contributed by atoms with Gasteiger partial charge in [0, 0.05) is 24.5 Å². The molecule has 0 aliphatic carbocycles. The minimum Gasteiger partial charge on any atom is -0.371 e. The largest absolute Gasteiger partial charge is 0.371 e. The lowest BCUT2D eigenvalue weighted by atomic mass is 10.2. The number of hydrogen-bond donors (Lipinski definition) is 2. The van der Waals surface area contributed by atoms with E-state index in [1.807, 2.05) is 25.1 Å². The van der Waals surface area contributed by atoms with E-state index >= 15 is 0 Å². The molecule has 0 spiro atoms. The smallest absolute Gasteiger partial charge is 0.261 e. The fourth-order valence-corrected chi connectivity index (χ4v) is 4.64. The number of carbonyl (C=O) groups excluding carboxylic acids is 1. The van der Waals surface area contributed by atoms with Crippen molar-refractivity contribution in [3.05, 3.63) is 47.5 Å². The Labute approximate surface area is 153 Å². The Morgan fingerprint density at radius 1 is 1.08 bits per heavy atom. The molecule has 0 radical (unpaired) electrons. The lowest BCUT2D eigenvalue weighted by molar-refractivity contribution is -0.115. The predicted molar refractivity (Wildman–Crippen MR) is 102 cm³/mol. The zero-order chi connectivity index (χ0) is 18.3. The van der Waals surface area contributed by atoms with Crippen molar-refractivity contribution in [3.63, 3.8) is 0 Å². The zero-order valence-electron chi connectivity index (χ0n) is 14.6. The second-order valence-electron chi connectivity index (χ2n) is 6.84. The molecule has 2 aliphatic heterocycles. The molecule has 0 saturated carbocycles. The number of anilines is 3. The van der Waals surface area contributed by atoms with E-state index in [1.165, 1.54) is 6.07 Å². The van der Waals surface area contributed by atoms with Crippen molar-refractivity contribution < 1.29 is 13.2 Å². The Morgan fingerprint density at radius 2 is 1.85 bits per heavy atom. The molecule has 136 valence electrons. The molecular formula is C19H21N3O3S. The molecule has 2 aromatic carbocycles. The first kappa shape index (κ1) is 16.9. The second-order valence-corrected chi connectivity index (χ2v) is 8.53. The Hall–Kier alpha value is -2.54. The molecule has 0 bridgehead atoms. The first-order valence-electron chi connectivity index (χ1n) is 8.73. The average molecular weight is 371 g/mol. The van der Waals surface area contributed by atoms with E-state index in [2.05, 4.69) is 14.9 Å². The van der Waals surface area contributed by atoms with Crippen molar-refractivity contribution in [2.45, 2.75) is 31.1 Å². The second kappa shape index (κ2) is 6.32. The highest BCUT2D eigenvalue weighted by Crippen LogP contribution is 2.30. The molecule has 0 unspecified atom stereocenters. The summed E-state index contributed by atoms with van der Waals surface area (Å²) in [7, 11) is -3.72. The van der Waals surface area contributed by atoms with Crippen LogP contribution in [0.2, 0.25) is 0 Å². The third-order valence-electron chi connectivity index (χ3n) is 4.95. The maximum atomic E-state index is 12.8. The van der Waals surface area contributed by atoms with Crippen molar-refractivity contribution in [2.75, 3.05) is 28.0 Å². The standard InChI is InChI=1S/C19H21N3O3S/c1-13-4-5-15(22-8-2-3-9-22)12-18(13)21-26(24,25)16-6-7-17-14(10-16)11-19(23)20-17/h4-7,10,12,21H,2-3,8-9,11H2,1H3,(H,20,23). The average Bonchev–Trinajstić information content (AvgIpc) is 3.24. The fraction of sp³-hybridized carbons (Fsp3) is 0.316. The fourth-order valence-electron chi connectivity index (χ4n) is 3.47. The zero-order valence-corrected chi connectivity index (χ0v) is 15.4. The lowest BCUT2D eigenvalue weighted by Gasteiger charge is -2.20. The summed E-state index contributed by atoms with van der Waals surface area (Å²) in [5.74, 6) is -0.114. The third-order valence-corrected chi connectivity index (χ3v) is 6.31. The summed E-state index contributed by atoms with van der Waals surface area (Å²) in [5, 5.41) is 2.71. The van der Waals surface area contributed by atoms with Gasteiger partial charge in [-0.25, -0.2) is 8.42 Å². The maximum absolute atomic E-state index is 12.8. The molecule has 1 fully saturated rings. The van der Waals surface area contributed by atoms with Crippen LogP contribution in [0.5, 0.6) is 0 Å². The number of amides is 1. The van der Waals surface area contributed by atoms with Crippen LogP contribution in [0.25, 0.3) is 0 Å². The molecule has 1 amide bonds. The Morgan fingerprint density at radius 3 is 2.62 bits per heavy atom. The first-order chi connectivity index (χ1) is 12.4. The van der Waals surface area contributed by atoms with Gasteiger partial charge in [0.2, 0.25) is 5.91 Å². The van der Waals surface area contributed by atoms with Crippen LogP contribution in [0.1, 0.15) is 24.0 Å². The van der Waals surface area contributed by atoms with E-state index in [4.69, 9.17) is 0 Å². The molecule has 4 rings (SSSR count). The Kier molecular flexibility index (Phi) is 4.11. The van der Waals surface area contributed by atoms with Gasteiger partial charge in [-0.15, -0.1) is 0 Å². The Bertz CT molecular complexity index is 980. The summed E-state index contributed by atoms with van der Waals surface area (Å²) in [6, 6.07) is 10.6. The lowest BCUT2D eigenvalue weighted by Crippen LogP contribution is -2.19. The van der Waals surface area contributed by atoms with Crippen LogP contribution in [-0.4, -0.2) is 27.4 Å². The van der Waals surface area contributed by atoms with Gasteiger partial charge in [0.15, 0.2) is 0 Å². The Balaban J connectivity index is 1.63. The van der Waals surface area contributed by atoms with Crippen molar-refractivity contribution >= 4 is 33.0 Å². The number of carbonyl (C=O) groups is 1. The predicted octanol–water partition coefficient (Wildman–Crippen LogP) is 2.89. The van der Waals surface area contributed by atoms with E-state index in [1.54, 1.807) is 12.1 Å². The van der Waals surface area contributed by atoms with E-state index in [9.17, 15) is 13.2 Å². The highest BCUT2D eigenvalue weighted by Gasteiger charge is 2.23. The molecule has 26 heavy (non-hydrogen) atoms. The summed E-state index contributed by atoms with van der Waals surface area (Å²) in [4.78, 5) is 13.9. The van der Waals surface area contributed by atoms with Crippen LogP contribution >= 0.6 is 0 Å². The minimum absolute atomic E-state index is 0.114. The van der Waals surface area contributed by atoms with Crippen molar-refractivity contribution in [3.8, 4) is 0 Å². The number of nitrogens with one attached hydrogen (secondary N) is 2. The number of nitrogens with zero attached hydrogens (tertiary/aromatic N) is 1. The number of sulfonamides is 1. The van der Waals surface area contributed by atoms with Crippen molar-refractivity contribution in [1.82, 2.24) is 0 Å². The number of benzene rings is 2. The van der Waals surface area contributed by atoms with Gasteiger partial charge in [0.1, 0.15) is 0 Å². The van der Waals surface area contributed by atoms with Crippen molar-refractivity contribution in [2.24, 2.45) is 0 Å². The van der Waals surface area contributed by atoms with E-state index in [0.29, 0.717) is 16.9 Å². The van der Waals surface area contributed by atoms with Crippen LogP contribution in [0, 0.1) is 6.92 Å². The van der Waals surface area contributed by atoms with Crippen LogP contribution in [0.15, 0.2) is 41.3 Å². The first-order valence-corrected chi connectivity index (χ1v) is 10.2. The van der Waals surface area contributed by atoms with E-state index < -0.39 is 10.0 Å². The van der Waals surface area contributed by atoms with Crippen LogP contribution < -0.4 is 14.9 Å². The number of rotatable bonds is 4. The highest BCUT2D eigenvalue weighted by molar-refractivity contribution is 7.92. The molecule has 2 N–H and O–H groups in total. The normalized spacial score (nSPS) is 16.5. The van der Waals surface area contributed by atoms with E-state index in [-0.39, 0.29) is 17.2 Å². The van der Waals surface area contributed by atoms with Gasteiger partial charge >= 0.3 is 0 Å². The molecule has 1 saturated heterocycles. The quantitative estimate of drug-likeness (QED) is 0.866. The highest BCUT2D eigenvalue weighted by atomic mass is 32.2. The monoisotopic (exact) mass is 371 g/mol. The van der Waals surface area contributed by atoms with Gasteiger partial charge in [-0.05, 0) is 61.2 Å². The molecule has 2 aliphatic rings. The molecule has 2 heterocycles. The molecule has 0 aromatic heterocycles. The van der Waals surface area contributed by atoms with Gasteiger partial charge in [-0.2, -0.15) is 0 Å². The SMILES string of the molecule is Cc1ccc(N2CCCC2)cc1NS(=O)(=O)c1ccc2c(c1)CC(=O)N2. The topological polar surface area (TPSA) is 78.5 Å². The third kappa shape index (κ3) is 3.14.